The molecule has 6 nitrogen and oxygen atoms in total. The number of rotatable bonds is 4. The largest absolute Gasteiger partial charge is 0.486 e. The average Bonchev–Trinajstić information content (AvgIpc) is 2.61. The first-order valence-electron chi connectivity index (χ1n) is 7.48. The fraction of sp³-hybridized carbons (Fsp3) is 0.0556. The highest BCUT2D eigenvalue weighted by Crippen LogP contribution is 2.29. The summed E-state index contributed by atoms with van der Waals surface area (Å²) in [6.07, 6.45) is 0. The molecule has 130 valence electrons. The van der Waals surface area contributed by atoms with Crippen molar-refractivity contribution in [2.45, 2.75) is 6.61 Å². The third kappa shape index (κ3) is 3.66. The van der Waals surface area contributed by atoms with Gasteiger partial charge in [0, 0.05) is 10.6 Å². The highest BCUT2D eigenvalue weighted by atomic mass is 35.5. The van der Waals surface area contributed by atoms with Crippen LogP contribution in [0.2, 0.25) is 5.02 Å². The fourth-order valence-electron chi connectivity index (χ4n) is 2.32. The van der Waals surface area contributed by atoms with Crippen LogP contribution in [-0.2, 0) is 6.61 Å². The summed E-state index contributed by atoms with van der Waals surface area (Å²) in [6, 6.07) is 13.2. The molecule has 0 spiro atoms. The predicted molar refractivity (Wildman–Crippen MR) is 96.7 cm³/mol. The van der Waals surface area contributed by atoms with Gasteiger partial charge in [-0.25, -0.2) is 9.37 Å². The Morgan fingerprint density at radius 1 is 1.12 bits per heavy atom. The number of hydrogen-bond donors (Lipinski definition) is 2. The lowest BCUT2D eigenvalue weighted by atomic mass is 10.1. The summed E-state index contributed by atoms with van der Waals surface area (Å²) in [5, 5.41) is 9.84. The molecule has 26 heavy (non-hydrogen) atoms. The molecule has 0 bridgehead atoms. The number of nitrogen functional groups attached to an aromatic ring is 2. The molecule has 1 heterocycles. The Bertz CT molecular complexity index is 1000. The quantitative estimate of drug-likeness (QED) is 0.727. The van der Waals surface area contributed by atoms with Crippen molar-refractivity contribution in [2.24, 2.45) is 0 Å². The van der Waals surface area contributed by atoms with Gasteiger partial charge in [0.05, 0.1) is 5.69 Å². The number of ether oxygens (including phenoxy) is 1. The Balaban J connectivity index is 1.86. The minimum absolute atomic E-state index is 0.0356. The molecule has 0 radical (unpaired) electrons. The number of anilines is 2. The van der Waals surface area contributed by atoms with E-state index in [9.17, 15) is 9.65 Å². The summed E-state index contributed by atoms with van der Waals surface area (Å²) in [4.78, 5) is 7.73. The maximum absolute atomic E-state index is 14.4. The molecule has 0 aliphatic heterocycles. The molecule has 0 unspecified atom stereocenters. The second-order valence-electron chi connectivity index (χ2n) is 5.36. The average molecular weight is 370 g/mol. The molecule has 0 saturated heterocycles. The molecular weight excluding hydrogens is 357 g/mol. The van der Waals surface area contributed by atoms with Crippen molar-refractivity contribution >= 4 is 23.4 Å². The molecule has 4 N–H and O–H groups in total. The minimum Gasteiger partial charge on any atom is -0.486 e. The van der Waals surface area contributed by atoms with E-state index in [2.05, 4.69) is 9.97 Å². The maximum Gasteiger partial charge on any atom is 0.222 e. The van der Waals surface area contributed by atoms with Crippen LogP contribution in [0.15, 0.2) is 42.5 Å². The maximum atomic E-state index is 14.4. The summed E-state index contributed by atoms with van der Waals surface area (Å²) in [6.45, 7) is 0.185. The lowest BCUT2D eigenvalue weighted by molar-refractivity contribution is 0.290. The highest BCUT2D eigenvalue weighted by Gasteiger charge is 2.15. The molecule has 8 heteroatoms. The van der Waals surface area contributed by atoms with Gasteiger partial charge in [-0.1, -0.05) is 23.7 Å². The van der Waals surface area contributed by atoms with Crippen molar-refractivity contribution in [1.82, 2.24) is 9.97 Å². The molecule has 3 aromatic rings. The first kappa shape index (κ1) is 17.5. The van der Waals surface area contributed by atoms with Crippen LogP contribution in [-0.4, -0.2) is 9.97 Å². The van der Waals surface area contributed by atoms with Crippen LogP contribution >= 0.6 is 11.6 Å². The normalized spacial score (nSPS) is 10.3. The molecule has 2 aromatic carbocycles. The van der Waals surface area contributed by atoms with Crippen molar-refractivity contribution in [2.75, 3.05) is 11.5 Å². The van der Waals surface area contributed by atoms with E-state index < -0.39 is 5.82 Å². The van der Waals surface area contributed by atoms with Crippen LogP contribution in [0.4, 0.5) is 16.2 Å². The molecule has 0 atom stereocenters. The molecule has 0 aliphatic rings. The number of aromatic nitrogens is 2. The van der Waals surface area contributed by atoms with E-state index >= 15 is 0 Å². The summed E-state index contributed by atoms with van der Waals surface area (Å²) < 4.78 is 19.9. The molecule has 0 saturated carbocycles. The zero-order chi connectivity index (χ0) is 18.7. The van der Waals surface area contributed by atoms with Crippen LogP contribution in [0, 0.1) is 17.1 Å². The summed E-state index contributed by atoms with van der Waals surface area (Å²) in [7, 11) is 0. The summed E-state index contributed by atoms with van der Waals surface area (Å²) >= 11 is 5.82. The van der Waals surface area contributed by atoms with E-state index in [0.717, 1.165) is 5.56 Å². The Hall–Kier alpha value is -3.37. The Morgan fingerprint density at radius 3 is 2.50 bits per heavy atom. The van der Waals surface area contributed by atoms with Crippen molar-refractivity contribution in [3.05, 3.63) is 64.4 Å². The summed E-state index contributed by atoms with van der Waals surface area (Å²) in [5.41, 5.74) is 12.6. The van der Waals surface area contributed by atoms with Crippen LogP contribution in [0.25, 0.3) is 11.3 Å². The minimum atomic E-state index is -0.601. The zero-order valence-electron chi connectivity index (χ0n) is 13.4. The second kappa shape index (κ2) is 7.25. The van der Waals surface area contributed by atoms with E-state index in [1.807, 2.05) is 6.07 Å². The number of hydrogen-bond acceptors (Lipinski definition) is 6. The van der Waals surface area contributed by atoms with Crippen molar-refractivity contribution in [3.8, 4) is 23.1 Å². The van der Waals surface area contributed by atoms with Gasteiger partial charge in [-0.2, -0.15) is 10.2 Å². The topological polar surface area (TPSA) is 111 Å². The third-order valence-corrected chi connectivity index (χ3v) is 3.83. The van der Waals surface area contributed by atoms with E-state index in [1.165, 1.54) is 12.1 Å². The second-order valence-corrected chi connectivity index (χ2v) is 5.80. The van der Waals surface area contributed by atoms with Gasteiger partial charge >= 0.3 is 0 Å². The number of nitrogens with zero attached hydrogens (tertiary/aromatic N) is 3. The zero-order valence-corrected chi connectivity index (χ0v) is 14.2. The number of nitriles is 1. The first-order chi connectivity index (χ1) is 12.5. The Morgan fingerprint density at radius 2 is 1.85 bits per heavy atom. The van der Waals surface area contributed by atoms with Crippen molar-refractivity contribution in [3.63, 3.8) is 0 Å². The number of nitrogens with two attached hydrogens (primary N) is 2. The van der Waals surface area contributed by atoms with Gasteiger partial charge < -0.3 is 16.2 Å². The van der Waals surface area contributed by atoms with Gasteiger partial charge in [-0.3, -0.25) is 0 Å². The molecule has 3 rings (SSSR count). The van der Waals surface area contributed by atoms with Crippen LogP contribution in [0.5, 0.6) is 5.75 Å². The van der Waals surface area contributed by atoms with E-state index in [-0.39, 0.29) is 35.4 Å². The molecule has 0 fully saturated rings. The molecule has 0 amide bonds. The number of halogens is 2. The van der Waals surface area contributed by atoms with Gasteiger partial charge in [0.25, 0.3) is 0 Å². The lowest BCUT2D eigenvalue weighted by Crippen LogP contribution is -2.05. The van der Waals surface area contributed by atoms with Gasteiger partial charge in [0.1, 0.15) is 24.1 Å². The fourth-order valence-corrected chi connectivity index (χ4v) is 2.45. The highest BCUT2D eigenvalue weighted by molar-refractivity contribution is 6.30. The van der Waals surface area contributed by atoms with Gasteiger partial charge in [-0.15, -0.1) is 0 Å². The number of benzene rings is 2. The molecular formula is C18H13ClFN5O. The third-order valence-electron chi connectivity index (χ3n) is 3.58. The van der Waals surface area contributed by atoms with Gasteiger partial charge in [-0.05, 0) is 35.9 Å². The van der Waals surface area contributed by atoms with Gasteiger partial charge in [0.15, 0.2) is 11.6 Å². The van der Waals surface area contributed by atoms with Crippen molar-refractivity contribution in [1.29, 1.82) is 5.26 Å². The van der Waals surface area contributed by atoms with Crippen LogP contribution < -0.4 is 16.2 Å². The van der Waals surface area contributed by atoms with E-state index in [1.54, 1.807) is 30.3 Å². The monoisotopic (exact) mass is 369 g/mol. The Kier molecular flexibility index (Phi) is 4.87. The van der Waals surface area contributed by atoms with Gasteiger partial charge in [0.2, 0.25) is 5.95 Å². The smallest absolute Gasteiger partial charge is 0.222 e. The van der Waals surface area contributed by atoms with Crippen LogP contribution in [0.3, 0.4) is 0 Å². The molecule has 0 aliphatic carbocycles. The first-order valence-corrected chi connectivity index (χ1v) is 7.86. The lowest BCUT2D eigenvalue weighted by Gasteiger charge is -2.10. The van der Waals surface area contributed by atoms with E-state index in [0.29, 0.717) is 10.6 Å². The molecule has 1 aromatic heterocycles. The van der Waals surface area contributed by atoms with E-state index in [4.69, 9.17) is 27.8 Å². The van der Waals surface area contributed by atoms with Crippen molar-refractivity contribution < 1.29 is 9.13 Å². The SMILES string of the molecule is N#Cc1c(N)nc(N)nc1-c1ccc(OCc2ccc(Cl)cc2)c(F)c1. The predicted octanol–water partition coefficient (Wildman–Crippen LogP) is 3.55. The summed E-state index contributed by atoms with van der Waals surface area (Å²) in [5.74, 6) is -0.688. The van der Waals surface area contributed by atoms with Crippen LogP contribution in [0.1, 0.15) is 11.1 Å². The standard InChI is InChI=1S/C18H13ClFN5O/c19-12-4-1-10(2-5-12)9-26-15-6-3-11(7-14(15)20)16-13(8-21)17(22)25-18(23)24-16/h1-7H,9H2,(H4,22,23,24,25). The Labute approximate surface area is 153 Å².